The maximum Gasteiger partial charge on any atom is 0.243 e. The van der Waals surface area contributed by atoms with Crippen LogP contribution in [0, 0.1) is 0 Å². The van der Waals surface area contributed by atoms with E-state index < -0.39 is 29.8 Å². The summed E-state index contributed by atoms with van der Waals surface area (Å²) in [4.78, 5) is 2.90. The summed E-state index contributed by atoms with van der Waals surface area (Å²) in [6.45, 7) is 4.71. The molecule has 0 radical (unpaired) electrons. The van der Waals surface area contributed by atoms with Gasteiger partial charge in [0.2, 0.25) is 20.0 Å². The van der Waals surface area contributed by atoms with Crippen LogP contribution in [-0.4, -0.2) is 34.7 Å². The molecule has 0 spiro atoms. The molecule has 1 aromatic carbocycles. The van der Waals surface area contributed by atoms with Crippen LogP contribution in [0.4, 0.5) is 5.69 Å². The molecule has 4 N–H and O–H groups in total. The molecule has 0 unspecified atom stereocenters. The van der Waals surface area contributed by atoms with Crippen LogP contribution in [0.5, 0.6) is 0 Å². The van der Waals surface area contributed by atoms with E-state index >= 15 is 0 Å². The lowest BCUT2D eigenvalue weighted by molar-refractivity contribution is 0.415. The van der Waals surface area contributed by atoms with Gasteiger partial charge in [0.05, 0.1) is 16.5 Å². The zero-order chi connectivity index (χ0) is 18.5. The van der Waals surface area contributed by atoms with Crippen LogP contribution in [-0.2, 0) is 20.0 Å². The largest absolute Gasteiger partial charge is 0.513 e. The number of nitrogens with zero attached hydrogens (tertiary/aromatic N) is 1. The van der Waals surface area contributed by atoms with Gasteiger partial charge in [-0.25, -0.2) is 26.7 Å². The fraction of sp³-hybridized carbons (Fsp3) is 0.154. The molecule has 0 atom stereocenters. The number of nitrogens with two attached hydrogens (primary N) is 1. The SMILES string of the molecule is C=CCNS(=O)(=O)c1cc(S(N)(=O)=O)c(Cl)cc1/N=C/C=C(/C)O. The molecule has 8 nitrogen and oxygen atoms in total. The summed E-state index contributed by atoms with van der Waals surface area (Å²) >= 11 is 5.85. The minimum Gasteiger partial charge on any atom is -0.513 e. The summed E-state index contributed by atoms with van der Waals surface area (Å²) in [6, 6.07) is 1.88. The molecule has 1 aromatic rings. The van der Waals surface area contributed by atoms with Gasteiger partial charge < -0.3 is 5.11 Å². The Kier molecular flexibility index (Phi) is 6.69. The smallest absolute Gasteiger partial charge is 0.243 e. The highest BCUT2D eigenvalue weighted by Gasteiger charge is 2.24. The molecule has 0 saturated carbocycles. The first-order valence-electron chi connectivity index (χ1n) is 6.36. The summed E-state index contributed by atoms with van der Waals surface area (Å²) in [6.07, 6.45) is 3.67. The van der Waals surface area contributed by atoms with Crippen LogP contribution in [0.3, 0.4) is 0 Å². The fourth-order valence-electron chi connectivity index (χ4n) is 1.53. The molecule has 0 fully saturated rings. The van der Waals surface area contributed by atoms with Crippen molar-refractivity contribution in [1.29, 1.82) is 0 Å². The van der Waals surface area contributed by atoms with Crippen molar-refractivity contribution in [3.8, 4) is 0 Å². The average Bonchev–Trinajstić information content (AvgIpc) is 2.43. The maximum absolute atomic E-state index is 12.3. The number of allylic oxidation sites excluding steroid dienone is 2. The lowest BCUT2D eigenvalue weighted by atomic mass is 10.3. The molecule has 11 heteroatoms. The third-order valence-electron chi connectivity index (χ3n) is 2.56. The highest BCUT2D eigenvalue weighted by Crippen LogP contribution is 2.32. The number of halogens is 1. The second-order valence-electron chi connectivity index (χ2n) is 4.52. The zero-order valence-electron chi connectivity index (χ0n) is 12.6. The number of primary sulfonamides is 1. The lowest BCUT2D eigenvalue weighted by Crippen LogP contribution is -2.24. The third-order valence-corrected chi connectivity index (χ3v) is 5.38. The van der Waals surface area contributed by atoms with Gasteiger partial charge in [0.1, 0.15) is 9.79 Å². The first kappa shape index (κ1) is 20.3. The van der Waals surface area contributed by atoms with Crippen molar-refractivity contribution in [2.75, 3.05) is 6.54 Å². The summed E-state index contributed by atoms with van der Waals surface area (Å²) < 4.78 is 49.9. The summed E-state index contributed by atoms with van der Waals surface area (Å²) in [5, 5.41) is 13.8. The van der Waals surface area contributed by atoms with E-state index in [4.69, 9.17) is 21.8 Å². The topological polar surface area (TPSA) is 139 Å². The van der Waals surface area contributed by atoms with E-state index in [9.17, 15) is 16.8 Å². The standard InChI is InChI=1S/C13H16ClN3O5S2/c1-3-5-17-24(21,22)13-8-12(23(15,19)20)10(14)7-11(13)16-6-4-9(2)18/h3-4,6-8,17-18H,1,5H2,2H3,(H2,15,19,20)/b9-4-,16-6+. The first-order chi connectivity index (χ1) is 11.0. The molecule has 0 aliphatic rings. The number of aliphatic imine (C=N–C) groups is 1. The Labute approximate surface area is 145 Å². The zero-order valence-corrected chi connectivity index (χ0v) is 15.0. The number of nitrogens with one attached hydrogen (secondary N) is 1. The van der Waals surface area contributed by atoms with Gasteiger partial charge in [-0.05, 0) is 25.1 Å². The average molecular weight is 394 g/mol. The molecule has 0 aliphatic heterocycles. The molecule has 24 heavy (non-hydrogen) atoms. The monoisotopic (exact) mass is 393 g/mol. The van der Waals surface area contributed by atoms with Crippen LogP contribution in [0.2, 0.25) is 5.02 Å². The first-order valence-corrected chi connectivity index (χ1v) is 9.76. The molecule has 0 bridgehead atoms. The number of hydrogen-bond acceptors (Lipinski definition) is 6. The van der Waals surface area contributed by atoms with Crippen LogP contribution < -0.4 is 9.86 Å². The number of benzene rings is 1. The summed E-state index contributed by atoms with van der Waals surface area (Å²) in [5.41, 5.74) is -0.124. The Morgan fingerprint density at radius 3 is 2.50 bits per heavy atom. The van der Waals surface area contributed by atoms with Gasteiger partial charge in [-0.1, -0.05) is 17.7 Å². The van der Waals surface area contributed by atoms with E-state index in [1.54, 1.807) is 0 Å². The second kappa shape index (κ2) is 7.90. The van der Waals surface area contributed by atoms with Crippen molar-refractivity contribution in [3.05, 3.63) is 41.6 Å². The van der Waals surface area contributed by atoms with Crippen LogP contribution in [0.15, 0.2) is 51.4 Å². The highest BCUT2D eigenvalue weighted by molar-refractivity contribution is 7.90. The van der Waals surface area contributed by atoms with Crippen molar-refractivity contribution in [2.45, 2.75) is 16.7 Å². The molecule has 0 heterocycles. The summed E-state index contributed by atoms with van der Waals surface area (Å²) in [7, 11) is -8.34. The molecular weight excluding hydrogens is 378 g/mol. The molecule has 1 rings (SSSR count). The highest BCUT2D eigenvalue weighted by atomic mass is 35.5. The van der Waals surface area contributed by atoms with E-state index in [0.717, 1.165) is 18.3 Å². The molecule has 0 aromatic heterocycles. The minimum atomic E-state index is -4.24. The van der Waals surface area contributed by atoms with Crippen molar-refractivity contribution < 1.29 is 21.9 Å². The Bertz CT molecular complexity index is 902. The van der Waals surface area contributed by atoms with Crippen molar-refractivity contribution in [1.82, 2.24) is 4.72 Å². The van der Waals surface area contributed by atoms with Crippen molar-refractivity contribution >= 4 is 43.5 Å². The van der Waals surface area contributed by atoms with E-state index in [1.807, 2.05) is 0 Å². The van der Waals surface area contributed by atoms with E-state index in [-0.39, 0.29) is 23.0 Å². The number of rotatable bonds is 7. The Morgan fingerprint density at radius 1 is 1.38 bits per heavy atom. The van der Waals surface area contributed by atoms with Crippen LogP contribution >= 0.6 is 11.6 Å². The van der Waals surface area contributed by atoms with E-state index in [1.165, 1.54) is 19.1 Å². The maximum atomic E-state index is 12.3. The predicted octanol–water partition coefficient (Wildman–Crippen LogP) is 1.62. The van der Waals surface area contributed by atoms with Crippen LogP contribution in [0.1, 0.15) is 6.92 Å². The van der Waals surface area contributed by atoms with Gasteiger partial charge in [0.25, 0.3) is 0 Å². The second-order valence-corrected chi connectivity index (χ2v) is 8.19. The Morgan fingerprint density at radius 2 is 2.00 bits per heavy atom. The number of aliphatic hydroxyl groups is 1. The van der Waals surface area contributed by atoms with Gasteiger partial charge in [-0.2, -0.15) is 0 Å². The van der Waals surface area contributed by atoms with E-state index in [2.05, 4.69) is 16.3 Å². The number of aliphatic hydroxyl groups excluding tert-OH is 1. The normalized spacial score (nSPS) is 13.4. The Hall–Kier alpha value is -1.72. The van der Waals surface area contributed by atoms with Crippen molar-refractivity contribution in [2.24, 2.45) is 10.1 Å². The number of sulfonamides is 2. The van der Waals surface area contributed by atoms with Gasteiger partial charge >= 0.3 is 0 Å². The lowest BCUT2D eigenvalue weighted by Gasteiger charge is -2.11. The molecule has 132 valence electrons. The van der Waals surface area contributed by atoms with Gasteiger partial charge in [0.15, 0.2) is 0 Å². The molecule has 0 aliphatic carbocycles. The quantitative estimate of drug-likeness (QED) is 0.367. The Balaban J connectivity index is 3.64. The van der Waals surface area contributed by atoms with Gasteiger partial charge in [-0.3, -0.25) is 4.99 Å². The van der Waals surface area contributed by atoms with Crippen LogP contribution in [0.25, 0.3) is 0 Å². The molecule has 0 saturated heterocycles. The number of hydrogen-bond donors (Lipinski definition) is 3. The molecule has 0 amide bonds. The fourth-order valence-corrected chi connectivity index (χ4v) is 3.85. The van der Waals surface area contributed by atoms with E-state index in [0.29, 0.717) is 0 Å². The van der Waals surface area contributed by atoms with Gasteiger partial charge in [0, 0.05) is 12.8 Å². The molecular formula is C13H16ClN3O5S2. The summed E-state index contributed by atoms with van der Waals surface area (Å²) in [5.74, 6) is -0.0554. The van der Waals surface area contributed by atoms with Gasteiger partial charge in [-0.15, -0.1) is 6.58 Å². The third kappa shape index (κ3) is 5.42. The van der Waals surface area contributed by atoms with Crippen molar-refractivity contribution in [3.63, 3.8) is 0 Å². The minimum absolute atomic E-state index is 0.0554. The predicted molar refractivity (Wildman–Crippen MR) is 92.7 cm³/mol.